The molecule has 0 atom stereocenters. The number of ether oxygens (including phenoxy) is 1. The van der Waals surface area contributed by atoms with Crippen LogP contribution >= 0.6 is 79.0 Å². The van der Waals surface area contributed by atoms with Crippen LogP contribution in [-0.2, 0) is 4.79 Å². The van der Waals surface area contributed by atoms with Crippen LogP contribution in [0.25, 0.3) is 6.08 Å². The Bertz CT molecular complexity index is 1100. The number of halogens is 4. The molecular formula is C18H11Br2Cl2N3O3S2. The minimum atomic E-state index is -0.659. The predicted octanol–water partition coefficient (Wildman–Crippen LogP) is 6.46. The Labute approximate surface area is 208 Å². The average Bonchev–Trinajstić information content (AvgIpc) is 2.92. The molecule has 0 bridgehead atoms. The molecule has 1 aliphatic rings. The normalized spacial score (nSPS) is 15.0. The van der Waals surface area contributed by atoms with Crippen LogP contribution in [0.4, 0.5) is 10.5 Å². The first kappa shape index (κ1) is 23.4. The summed E-state index contributed by atoms with van der Waals surface area (Å²) in [6, 6.07) is 7.59. The standard InChI is InChI=1S/C18H11Br2Cl2N3O3S2/c1-28-15-8(4-9(19)6-11(15)20)5-14-16(26)25(18(29)30-14)24-17(27)23-10-2-3-12(21)13(22)7-10/h2-7H,1H3,(H2,23,24,27)/b14-5+. The number of urea groups is 1. The van der Waals surface area contributed by atoms with Gasteiger partial charge in [-0.3, -0.25) is 4.79 Å². The number of nitrogens with one attached hydrogen (secondary N) is 2. The molecule has 30 heavy (non-hydrogen) atoms. The molecule has 3 amide bonds. The molecule has 2 aromatic carbocycles. The van der Waals surface area contributed by atoms with Crippen LogP contribution in [-0.4, -0.2) is 28.4 Å². The van der Waals surface area contributed by atoms with Gasteiger partial charge in [-0.2, -0.15) is 5.01 Å². The third-order valence-corrected chi connectivity index (χ3v) is 6.80. The molecule has 2 N–H and O–H groups in total. The summed E-state index contributed by atoms with van der Waals surface area (Å²) in [7, 11) is 1.53. The van der Waals surface area contributed by atoms with Gasteiger partial charge in [0.2, 0.25) is 0 Å². The molecule has 0 aliphatic carbocycles. The average molecular weight is 612 g/mol. The molecule has 1 saturated heterocycles. The second-order valence-corrected chi connectivity index (χ2v) is 9.98. The van der Waals surface area contributed by atoms with E-state index in [1.165, 1.54) is 13.2 Å². The second-order valence-electron chi connectivity index (χ2n) is 5.72. The first-order chi connectivity index (χ1) is 14.2. The maximum absolute atomic E-state index is 12.8. The summed E-state index contributed by atoms with van der Waals surface area (Å²) < 4.78 is 7.11. The Hall–Kier alpha value is -1.30. The number of carbonyl (C=O) groups excluding carboxylic acids is 2. The quantitative estimate of drug-likeness (QED) is 0.307. The third-order valence-electron chi connectivity index (χ3n) is 3.71. The van der Waals surface area contributed by atoms with E-state index in [1.807, 2.05) is 6.07 Å². The van der Waals surface area contributed by atoms with E-state index >= 15 is 0 Å². The van der Waals surface area contributed by atoms with Crippen molar-refractivity contribution in [2.75, 3.05) is 12.4 Å². The van der Waals surface area contributed by atoms with Crippen LogP contribution in [0.2, 0.25) is 10.0 Å². The van der Waals surface area contributed by atoms with Crippen LogP contribution in [0.5, 0.6) is 5.75 Å². The third kappa shape index (κ3) is 5.30. The van der Waals surface area contributed by atoms with Gasteiger partial charge in [0.15, 0.2) is 4.32 Å². The number of benzene rings is 2. The van der Waals surface area contributed by atoms with Crippen LogP contribution in [0.1, 0.15) is 5.56 Å². The molecular weight excluding hydrogens is 601 g/mol. The van der Waals surface area contributed by atoms with Crippen LogP contribution in [0.15, 0.2) is 44.2 Å². The summed E-state index contributed by atoms with van der Waals surface area (Å²) in [5.74, 6) is 0.0984. The van der Waals surface area contributed by atoms with E-state index in [9.17, 15) is 9.59 Å². The highest BCUT2D eigenvalue weighted by Crippen LogP contribution is 2.37. The van der Waals surface area contributed by atoms with E-state index in [0.29, 0.717) is 26.9 Å². The molecule has 0 saturated carbocycles. The van der Waals surface area contributed by atoms with Crippen molar-refractivity contribution in [1.29, 1.82) is 0 Å². The van der Waals surface area contributed by atoms with E-state index in [1.54, 1.807) is 24.3 Å². The Kier molecular flexibility index (Phi) is 7.70. The zero-order valence-electron chi connectivity index (χ0n) is 15.0. The highest BCUT2D eigenvalue weighted by atomic mass is 79.9. The Balaban J connectivity index is 1.77. The summed E-state index contributed by atoms with van der Waals surface area (Å²) in [6.45, 7) is 0. The summed E-state index contributed by atoms with van der Waals surface area (Å²) in [5.41, 5.74) is 3.51. The first-order valence-corrected chi connectivity index (χ1v) is 11.6. The Morgan fingerprint density at radius 1 is 1.23 bits per heavy atom. The lowest BCUT2D eigenvalue weighted by Crippen LogP contribution is -2.46. The molecule has 156 valence electrons. The number of anilines is 1. The van der Waals surface area contributed by atoms with Crippen LogP contribution in [0.3, 0.4) is 0 Å². The van der Waals surface area contributed by atoms with E-state index in [0.717, 1.165) is 25.7 Å². The Morgan fingerprint density at radius 3 is 2.63 bits per heavy atom. The fourth-order valence-electron chi connectivity index (χ4n) is 2.44. The van der Waals surface area contributed by atoms with Gasteiger partial charge in [-0.25, -0.2) is 10.2 Å². The summed E-state index contributed by atoms with van der Waals surface area (Å²) in [5, 5.41) is 4.22. The predicted molar refractivity (Wildman–Crippen MR) is 132 cm³/mol. The summed E-state index contributed by atoms with van der Waals surface area (Å²) >= 11 is 24.9. The number of thioether (sulfide) groups is 1. The Morgan fingerprint density at radius 2 is 1.97 bits per heavy atom. The second kappa shape index (κ2) is 9.88. The molecule has 1 aliphatic heterocycles. The van der Waals surface area contributed by atoms with Crippen molar-refractivity contribution in [3.8, 4) is 5.75 Å². The van der Waals surface area contributed by atoms with Crippen molar-refractivity contribution >= 4 is 107 Å². The molecule has 0 unspecified atom stereocenters. The molecule has 1 fully saturated rings. The SMILES string of the molecule is COc1c(Br)cc(Br)cc1/C=C1/SC(=S)N(NC(=O)Nc2ccc(Cl)c(Cl)c2)C1=O. The number of rotatable bonds is 4. The lowest BCUT2D eigenvalue weighted by atomic mass is 10.2. The largest absolute Gasteiger partial charge is 0.495 e. The lowest BCUT2D eigenvalue weighted by Gasteiger charge is -2.16. The van der Waals surface area contributed by atoms with Gasteiger partial charge < -0.3 is 10.1 Å². The van der Waals surface area contributed by atoms with Crippen molar-refractivity contribution < 1.29 is 14.3 Å². The monoisotopic (exact) mass is 609 g/mol. The number of hydrogen-bond acceptors (Lipinski definition) is 5. The summed E-state index contributed by atoms with van der Waals surface area (Å²) in [6.07, 6.45) is 1.65. The van der Waals surface area contributed by atoms with Gasteiger partial charge in [-0.05, 0) is 64.6 Å². The first-order valence-electron chi connectivity index (χ1n) is 8.03. The highest BCUT2D eigenvalue weighted by Gasteiger charge is 2.34. The maximum Gasteiger partial charge on any atom is 0.338 e. The van der Waals surface area contributed by atoms with Gasteiger partial charge in [0.05, 0.1) is 26.5 Å². The molecule has 0 spiro atoms. The topological polar surface area (TPSA) is 70.7 Å². The molecule has 0 aromatic heterocycles. The zero-order valence-corrected chi connectivity index (χ0v) is 21.3. The van der Waals surface area contributed by atoms with E-state index in [4.69, 9.17) is 40.2 Å². The van der Waals surface area contributed by atoms with E-state index in [-0.39, 0.29) is 9.34 Å². The molecule has 1 heterocycles. The molecule has 6 nitrogen and oxygen atoms in total. The van der Waals surface area contributed by atoms with Gasteiger partial charge >= 0.3 is 6.03 Å². The van der Waals surface area contributed by atoms with E-state index < -0.39 is 11.9 Å². The van der Waals surface area contributed by atoms with Crippen LogP contribution in [0, 0.1) is 0 Å². The van der Waals surface area contributed by atoms with Crippen molar-refractivity contribution in [3.63, 3.8) is 0 Å². The van der Waals surface area contributed by atoms with Crippen molar-refractivity contribution in [3.05, 3.63) is 59.8 Å². The minimum Gasteiger partial charge on any atom is -0.495 e. The summed E-state index contributed by atoms with van der Waals surface area (Å²) in [4.78, 5) is 25.4. The van der Waals surface area contributed by atoms with Gasteiger partial charge in [-0.15, -0.1) is 0 Å². The lowest BCUT2D eigenvalue weighted by molar-refractivity contribution is -0.123. The smallest absolute Gasteiger partial charge is 0.338 e. The number of amides is 3. The zero-order chi connectivity index (χ0) is 22.0. The van der Waals surface area contributed by atoms with E-state index in [2.05, 4.69) is 42.6 Å². The number of hydrazine groups is 1. The highest BCUT2D eigenvalue weighted by molar-refractivity contribution is 9.11. The number of nitrogens with zero attached hydrogens (tertiary/aromatic N) is 1. The maximum atomic E-state index is 12.8. The van der Waals surface area contributed by atoms with Crippen molar-refractivity contribution in [2.24, 2.45) is 0 Å². The van der Waals surface area contributed by atoms with Gasteiger partial charge in [-0.1, -0.05) is 50.9 Å². The van der Waals surface area contributed by atoms with Gasteiger partial charge in [0, 0.05) is 15.7 Å². The van der Waals surface area contributed by atoms with Crippen LogP contribution < -0.4 is 15.5 Å². The number of methoxy groups -OCH3 is 1. The van der Waals surface area contributed by atoms with Gasteiger partial charge in [0.1, 0.15) is 5.75 Å². The fraction of sp³-hybridized carbons (Fsp3) is 0.0556. The number of carbonyl (C=O) groups is 2. The molecule has 3 rings (SSSR count). The van der Waals surface area contributed by atoms with Crippen molar-refractivity contribution in [1.82, 2.24) is 10.4 Å². The molecule has 0 radical (unpaired) electrons. The van der Waals surface area contributed by atoms with Crippen molar-refractivity contribution in [2.45, 2.75) is 0 Å². The fourth-order valence-corrected chi connectivity index (χ4v) is 5.33. The number of thiocarbonyl (C=S) groups is 1. The molecule has 12 heteroatoms. The van der Waals surface area contributed by atoms with Gasteiger partial charge in [0.25, 0.3) is 5.91 Å². The number of hydrogen-bond donors (Lipinski definition) is 2. The minimum absolute atomic E-state index is 0.184. The molecule has 2 aromatic rings.